The Bertz CT molecular complexity index is 954. The standard InChI is InChI=1S/C19H19BrF3N5O2/c20-12-9-13(18(24)25-11-12)17(30)14-3-1-4-15(26-14)27-5-2-6-28(8-7-27)16(29)10-19(21,22)23/h1,3-4,9,11H,2,5-8,10H2,(H2,24,25). The van der Waals surface area contributed by atoms with Gasteiger partial charge in [-0.1, -0.05) is 6.07 Å². The quantitative estimate of drug-likeness (QED) is 0.669. The van der Waals surface area contributed by atoms with Crippen molar-refractivity contribution >= 4 is 39.3 Å². The van der Waals surface area contributed by atoms with Gasteiger partial charge in [0, 0.05) is 36.8 Å². The van der Waals surface area contributed by atoms with Gasteiger partial charge in [0.05, 0.1) is 5.56 Å². The number of halogens is 4. The van der Waals surface area contributed by atoms with Crippen molar-refractivity contribution in [3.8, 4) is 0 Å². The minimum Gasteiger partial charge on any atom is -0.383 e. The molecule has 11 heteroatoms. The fourth-order valence-corrected chi connectivity index (χ4v) is 3.51. The number of nitrogens with two attached hydrogens (primary N) is 1. The minimum atomic E-state index is -4.53. The van der Waals surface area contributed by atoms with Gasteiger partial charge in [-0.15, -0.1) is 0 Å². The van der Waals surface area contributed by atoms with Crippen molar-refractivity contribution in [2.24, 2.45) is 0 Å². The van der Waals surface area contributed by atoms with Crippen molar-refractivity contribution in [2.75, 3.05) is 36.8 Å². The molecule has 3 rings (SSSR count). The van der Waals surface area contributed by atoms with Crippen molar-refractivity contribution in [3.63, 3.8) is 0 Å². The molecule has 0 spiro atoms. The molecule has 1 aliphatic heterocycles. The predicted octanol–water partition coefficient (Wildman–Crippen LogP) is 3.04. The SMILES string of the molecule is Nc1ncc(Br)cc1C(=O)c1cccc(N2CCCN(C(=O)CC(F)(F)F)CC2)n1. The fraction of sp³-hybridized carbons (Fsp3) is 0.368. The number of carbonyl (C=O) groups is 2. The van der Waals surface area contributed by atoms with Crippen LogP contribution < -0.4 is 10.6 Å². The van der Waals surface area contributed by atoms with E-state index in [9.17, 15) is 22.8 Å². The highest BCUT2D eigenvalue weighted by molar-refractivity contribution is 9.10. The van der Waals surface area contributed by atoms with Gasteiger partial charge in [0.1, 0.15) is 23.8 Å². The highest BCUT2D eigenvalue weighted by atomic mass is 79.9. The zero-order chi connectivity index (χ0) is 21.9. The smallest absolute Gasteiger partial charge is 0.383 e. The van der Waals surface area contributed by atoms with Crippen LogP contribution in [0.15, 0.2) is 34.9 Å². The largest absolute Gasteiger partial charge is 0.397 e. The number of ketones is 1. The number of carbonyl (C=O) groups excluding carboxylic acids is 2. The van der Waals surface area contributed by atoms with Gasteiger partial charge in [-0.2, -0.15) is 13.2 Å². The summed E-state index contributed by atoms with van der Waals surface area (Å²) < 4.78 is 38.1. The lowest BCUT2D eigenvalue weighted by atomic mass is 10.1. The number of rotatable bonds is 4. The third-order valence-electron chi connectivity index (χ3n) is 4.62. The first-order chi connectivity index (χ1) is 14.1. The van der Waals surface area contributed by atoms with Crippen LogP contribution in [-0.4, -0.2) is 58.9 Å². The zero-order valence-electron chi connectivity index (χ0n) is 15.8. The van der Waals surface area contributed by atoms with Crippen molar-refractivity contribution in [1.29, 1.82) is 0 Å². The summed E-state index contributed by atoms with van der Waals surface area (Å²) in [6.45, 7) is 1.21. The molecule has 0 saturated carbocycles. The topological polar surface area (TPSA) is 92.4 Å². The summed E-state index contributed by atoms with van der Waals surface area (Å²) in [7, 11) is 0. The summed E-state index contributed by atoms with van der Waals surface area (Å²) in [5, 5.41) is 0. The normalized spacial score (nSPS) is 15.1. The Labute approximate surface area is 179 Å². The lowest BCUT2D eigenvalue weighted by Gasteiger charge is -2.23. The molecule has 2 aromatic rings. The van der Waals surface area contributed by atoms with Gasteiger partial charge in [0.2, 0.25) is 11.7 Å². The molecule has 2 aromatic heterocycles. The number of pyridine rings is 2. The van der Waals surface area contributed by atoms with Gasteiger partial charge in [-0.3, -0.25) is 9.59 Å². The average Bonchev–Trinajstić information content (AvgIpc) is 2.94. The van der Waals surface area contributed by atoms with Crippen molar-refractivity contribution in [3.05, 3.63) is 46.2 Å². The molecule has 0 atom stereocenters. The summed E-state index contributed by atoms with van der Waals surface area (Å²) in [6.07, 6.45) is -4.01. The summed E-state index contributed by atoms with van der Waals surface area (Å²) in [5.41, 5.74) is 6.20. The van der Waals surface area contributed by atoms with E-state index in [1.807, 2.05) is 4.90 Å². The number of aromatic nitrogens is 2. The lowest BCUT2D eigenvalue weighted by Crippen LogP contribution is -2.37. The molecule has 1 aliphatic rings. The van der Waals surface area contributed by atoms with E-state index in [1.54, 1.807) is 24.3 Å². The van der Waals surface area contributed by atoms with Crippen LogP contribution in [0.2, 0.25) is 0 Å². The average molecular weight is 486 g/mol. The van der Waals surface area contributed by atoms with Crippen molar-refractivity contribution in [2.45, 2.75) is 19.0 Å². The molecular formula is C19H19BrF3N5O2. The second-order valence-electron chi connectivity index (χ2n) is 6.81. The zero-order valence-corrected chi connectivity index (χ0v) is 17.4. The molecule has 3 heterocycles. The van der Waals surface area contributed by atoms with E-state index >= 15 is 0 Å². The van der Waals surface area contributed by atoms with Crippen LogP contribution in [0.3, 0.4) is 0 Å². The Balaban J connectivity index is 1.74. The molecule has 0 radical (unpaired) electrons. The number of nitrogens with zero attached hydrogens (tertiary/aromatic N) is 4. The molecule has 0 bridgehead atoms. The van der Waals surface area contributed by atoms with Crippen LogP contribution in [-0.2, 0) is 4.79 Å². The number of alkyl halides is 3. The van der Waals surface area contributed by atoms with Crippen LogP contribution in [0.25, 0.3) is 0 Å². The number of anilines is 2. The van der Waals surface area contributed by atoms with Gasteiger partial charge < -0.3 is 15.5 Å². The number of nitrogen functional groups attached to an aromatic ring is 1. The molecule has 1 fully saturated rings. The van der Waals surface area contributed by atoms with E-state index in [4.69, 9.17) is 5.73 Å². The van der Waals surface area contributed by atoms with E-state index in [1.165, 1.54) is 11.1 Å². The fourth-order valence-electron chi connectivity index (χ4n) is 3.17. The third-order valence-corrected chi connectivity index (χ3v) is 5.05. The first-order valence-electron chi connectivity index (χ1n) is 9.16. The summed E-state index contributed by atoms with van der Waals surface area (Å²) >= 11 is 3.26. The van der Waals surface area contributed by atoms with Crippen LogP contribution in [0.4, 0.5) is 24.8 Å². The maximum atomic E-state index is 12.8. The molecule has 0 aromatic carbocycles. The number of hydrogen-bond acceptors (Lipinski definition) is 6. The maximum Gasteiger partial charge on any atom is 0.397 e. The van der Waals surface area contributed by atoms with E-state index in [2.05, 4.69) is 25.9 Å². The molecule has 1 amide bonds. The second-order valence-corrected chi connectivity index (χ2v) is 7.73. The Hall–Kier alpha value is -2.69. The molecule has 0 aliphatic carbocycles. The van der Waals surface area contributed by atoms with Crippen LogP contribution in [0, 0.1) is 0 Å². The minimum absolute atomic E-state index is 0.0870. The summed E-state index contributed by atoms with van der Waals surface area (Å²) in [6, 6.07) is 6.51. The monoisotopic (exact) mass is 485 g/mol. The van der Waals surface area contributed by atoms with Crippen molar-refractivity contribution in [1.82, 2.24) is 14.9 Å². The van der Waals surface area contributed by atoms with Crippen LogP contribution in [0.1, 0.15) is 28.9 Å². The predicted molar refractivity (Wildman–Crippen MR) is 108 cm³/mol. The third kappa shape index (κ3) is 5.47. The lowest BCUT2D eigenvalue weighted by molar-refractivity contribution is -0.161. The van der Waals surface area contributed by atoms with Crippen LogP contribution >= 0.6 is 15.9 Å². The van der Waals surface area contributed by atoms with Gasteiger partial charge in [0.15, 0.2) is 0 Å². The highest BCUT2D eigenvalue weighted by Crippen LogP contribution is 2.23. The van der Waals surface area contributed by atoms with Crippen molar-refractivity contribution < 1.29 is 22.8 Å². The number of amides is 1. The molecule has 160 valence electrons. The van der Waals surface area contributed by atoms with E-state index in [0.717, 1.165) is 0 Å². The molecule has 1 saturated heterocycles. The first kappa shape index (κ1) is 22.0. The van der Waals surface area contributed by atoms with E-state index < -0.39 is 18.5 Å². The summed E-state index contributed by atoms with van der Waals surface area (Å²) in [4.78, 5) is 36.1. The molecule has 7 nitrogen and oxygen atoms in total. The maximum absolute atomic E-state index is 12.8. The van der Waals surface area contributed by atoms with E-state index in [0.29, 0.717) is 29.8 Å². The van der Waals surface area contributed by atoms with Gasteiger partial charge in [-0.25, -0.2) is 9.97 Å². The van der Waals surface area contributed by atoms with E-state index in [-0.39, 0.29) is 35.9 Å². The second kappa shape index (κ2) is 8.99. The van der Waals surface area contributed by atoms with Gasteiger partial charge in [-0.05, 0) is 40.5 Å². The highest BCUT2D eigenvalue weighted by Gasteiger charge is 2.34. The Morgan fingerprint density at radius 1 is 1.17 bits per heavy atom. The summed E-state index contributed by atoms with van der Waals surface area (Å²) in [5.74, 6) is -0.727. The first-order valence-corrected chi connectivity index (χ1v) is 9.95. The molecule has 2 N–H and O–H groups in total. The molecular weight excluding hydrogens is 467 g/mol. The number of hydrogen-bond donors (Lipinski definition) is 1. The van der Waals surface area contributed by atoms with Gasteiger partial charge in [0.25, 0.3) is 0 Å². The Morgan fingerprint density at radius 3 is 2.67 bits per heavy atom. The molecule has 30 heavy (non-hydrogen) atoms. The van der Waals surface area contributed by atoms with Crippen LogP contribution in [0.5, 0.6) is 0 Å². The Morgan fingerprint density at radius 2 is 1.93 bits per heavy atom. The van der Waals surface area contributed by atoms with Gasteiger partial charge >= 0.3 is 6.18 Å². The molecule has 0 unspecified atom stereocenters. The Kier molecular flexibility index (Phi) is 6.59.